The minimum absolute atomic E-state index is 0.0469. The monoisotopic (exact) mass is 203 g/mol. The van der Waals surface area contributed by atoms with Crippen LogP contribution < -0.4 is 4.74 Å². The van der Waals surface area contributed by atoms with Crippen LogP contribution in [0, 0.1) is 15.9 Å². The number of hydrogen-bond donors (Lipinski definition) is 0. The maximum Gasteiger partial charge on any atom is 0.276 e. The highest BCUT2D eigenvalue weighted by molar-refractivity contribution is 5.38. The summed E-state index contributed by atoms with van der Waals surface area (Å²) >= 11 is 0. The Kier molecular flexibility index (Phi) is 3.33. The number of rotatable bonds is 4. The number of hydrogen-bond acceptors (Lipinski definition) is 3. The largest absolute Gasteiger partial charge is 0.490 e. The van der Waals surface area contributed by atoms with Crippen molar-refractivity contribution < 1.29 is 18.4 Å². The number of alkyl halides is 1. The molecule has 1 rings (SSSR count). The first-order chi connectivity index (χ1) is 6.63. The van der Waals surface area contributed by atoms with E-state index >= 15 is 0 Å². The number of nitrogens with zero attached hydrogens (tertiary/aromatic N) is 1. The molecule has 0 amide bonds. The molecule has 0 bridgehead atoms. The molecular formula is C8H7F2NO3. The van der Waals surface area contributed by atoms with E-state index < -0.39 is 23.1 Å². The van der Waals surface area contributed by atoms with Crippen LogP contribution >= 0.6 is 0 Å². The molecule has 1 aromatic carbocycles. The van der Waals surface area contributed by atoms with Crippen LogP contribution in [0.1, 0.15) is 0 Å². The highest BCUT2D eigenvalue weighted by Crippen LogP contribution is 2.21. The lowest BCUT2D eigenvalue weighted by molar-refractivity contribution is -0.385. The minimum Gasteiger partial charge on any atom is -0.490 e. The predicted molar refractivity (Wildman–Crippen MR) is 44.5 cm³/mol. The van der Waals surface area contributed by atoms with Gasteiger partial charge in [0.1, 0.15) is 24.8 Å². The van der Waals surface area contributed by atoms with Gasteiger partial charge in [0.15, 0.2) is 0 Å². The van der Waals surface area contributed by atoms with Gasteiger partial charge >= 0.3 is 0 Å². The lowest BCUT2D eigenvalue weighted by Crippen LogP contribution is -1.99. The van der Waals surface area contributed by atoms with Gasteiger partial charge in [-0.3, -0.25) is 10.1 Å². The fourth-order valence-electron chi connectivity index (χ4n) is 0.893. The molecule has 0 saturated carbocycles. The molecule has 0 aliphatic heterocycles. The zero-order valence-electron chi connectivity index (χ0n) is 7.07. The Hall–Kier alpha value is -1.72. The second-order valence-corrected chi connectivity index (χ2v) is 2.44. The maximum atomic E-state index is 12.7. The molecule has 0 saturated heterocycles. The lowest BCUT2D eigenvalue weighted by atomic mass is 10.3. The first-order valence-corrected chi connectivity index (χ1v) is 3.77. The number of nitro benzene ring substituents is 1. The van der Waals surface area contributed by atoms with Gasteiger partial charge in [-0.2, -0.15) is 0 Å². The number of non-ortho nitro benzene ring substituents is 1. The van der Waals surface area contributed by atoms with E-state index in [1.807, 2.05) is 0 Å². The van der Waals surface area contributed by atoms with Gasteiger partial charge in [0, 0.05) is 6.07 Å². The Morgan fingerprint density at radius 3 is 2.71 bits per heavy atom. The molecule has 0 aliphatic rings. The van der Waals surface area contributed by atoms with Crippen LogP contribution in [0.3, 0.4) is 0 Å². The minimum atomic E-state index is -0.784. The SMILES string of the molecule is O=[N+]([O-])c1cc(F)cc(OCCF)c1. The van der Waals surface area contributed by atoms with Crippen molar-refractivity contribution >= 4 is 5.69 Å². The molecule has 0 heterocycles. The molecule has 6 heteroatoms. The zero-order chi connectivity index (χ0) is 10.6. The first-order valence-electron chi connectivity index (χ1n) is 3.77. The van der Waals surface area contributed by atoms with E-state index in [2.05, 4.69) is 0 Å². The molecule has 76 valence electrons. The van der Waals surface area contributed by atoms with Crippen molar-refractivity contribution in [3.63, 3.8) is 0 Å². The van der Waals surface area contributed by atoms with Gasteiger partial charge in [0.25, 0.3) is 5.69 Å². The average Bonchev–Trinajstić information content (AvgIpc) is 2.14. The molecule has 0 fully saturated rings. The number of nitro groups is 1. The summed E-state index contributed by atoms with van der Waals surface area (Å²) in [5.41, 5.74) is -0.418. The van der Waals surface area contributed by atoms with Gasteiger partial charge in [-0.15, -0.1) is 0 Å². The van der Waals surface area contributed by atoms with Crippen LogP contribution in [0.15, 0.2) is 18.2 Å². The van der Waals surface area contributed by atoms with Gasteiger partial charge < -0.3 is 4.74 Å². The molecule has 0 unspecified atom stereocenters. The molecule has 0 aromatic heterocycles. The number of benzene rings is 1. The van der Waals surface area contributed by atoms with Crippen molar-refractivity contribution in [1.82, 2.24) is 0 Å². The average molecular weight is 203 g/mol. The van der Waals surface area contributed by atoms with E-state index in [4.69, 9.17) is 4.74 Å². The Labute approximate surface area is 78.3 Å². The van der Waals surface area contributed by atoms with E-state index in [0.717, 1.165) is 18.2 Å². The summed E-state index contributed by atoms with van der Waals surface area (Å²) < 4.78 is 29.1. The van der Waals surface area contributed by atoms with Gasteiger partial charge in [-0.25, -0.2) is 8.78 Å². The number of ether oxygens (including phenoxy) is 1. The predicted octanol–water partition coefficient (Wildman–Crippen LogP) is 2.08. The standard InChI is InChI=1S/C8H7F2NO3/c9-1-2-14-8-4-6(10)3-7(5-8)11(12)13/h3-5H,1-2H2. The Morgan fingerprint density at radius 1 is 1.43 bits per heavy atom. The van der Waals surface area contributed by atoms with Crippen molar-refractivity contribution in [3.8, 4) is 5.75 Å². The van der Waals surface area contributed by atoms with Crippen molar-refractivity contribution in [1.29, 1.82) is 0 Å². The molecule has 0 aliphatic carbocycles. The second kappa shape index (κ2) is 4.50. The number of halogens is 2. The van der Waals surface area contributed by atoms with Gasteiger partial charge in [0.05, 0.1) is 17.1 Å². The normalized spacial score (nSPS) is 9.86. The van der Waals surface area contributed by atoms with Crippen LogP contribution in [0.2, 0.25) is 0 Å². The topological polar surface area (TPSA) is 52.4 Å². The first kappa shape index (κ1) is 10.4. The third kappa shape index (κ3) is 2.65. The Bertz CT molecular complexity index is 343. The third-order valence-corrected chi connectivity index (χ3v) is 1.41. The molecule has 0 atom stereocenters. The van der Waals surface area contributed by atoms with E-state index in [1.54, 1.807) is 0 Å². The lowest BCUT2D eigenvalue weighted by Gasteiger charge is -2.02. The molecule has 4 nitrogen and oxygen atoms in total. The molecule has 1 aromatic rings. The van der Waals surface area contributed by atoms with Crippen LogP contribution in [-0.4, -0.2) is 18.2 Å². The van der Waals surface area contributed by atoms with E-state index in [-0.39, 0.29) is 12.4 Å². The van der Waals surface area contributed by atoms with Crippen molar-refractivity contribution in [3.05, 3.63) is 34.1 Å². The van der Waals surface area contributed by atoms with Crippen LogP contribution in [-0.2, 0) is 0 Å². The Morgan fingerprint density at radius 2 is 2.14 bits per heavy atom. The van der Waals surface area contributed by atoms with Crippen LogP contribution in [0.4, 0.5) is 14.5 Å². The second-order valence-electron chi connectivity index (χ2n) is 2.44. The van der Waals surface area contributed by atoms with Crippen molar-refractivity contribution in [2.45, 2.75) is 0 Å². The molecule has 0 N–H and O–H groups in total. The van der Waals surface area contributed by atoms with Crippen LogP contribution in [0.25, 0.3) is 0 Å². The smallest absolute Gasteiger partial charge is 0.276 e. The van der Waals surface area contributed by atoms with Gasteiger partial charge in [-0.05, 0) is 0 Å². The summed E-state index contributed by atoms with van der Waals surface area (Å²) in [5, 5.41) is 10.3. The quantitative estimate of drug-likeness (QED) is 0.556. The Balaban J connectivity index is 2.89. The molecular weight excluding hydrogens is 196 g/mol. The zero-order valence-corrected chi connectivity index (χ0v) is 7.07. The summed E-state index contributed by atoms with van der Waals surface area (Å²) in [6.07, 6.45) is 0. The van der Waals surface area contributed by atoms with E-state index in [1.165, 1.54) is 0 Å². The maximum absolute atomic E-state index is 12.7. The summed E-state index contributed by atoms with van der Waals surface area (Å²) in [6.45, 7) is -0.981. The molecule has 14 heavy (non-hydrogen) atoms. The van der Waals surface area contributed by atoms with Crippen molar-refractivity contribution in [2.75, 3.05) is 13.3 Å². The summed E-state index contributed by atoms with van der Waals surface area (Å²) in [6, 6.07) is 2.77. The van der Waals surface area contributed by atoms with Crippen molar-refractivity contribution in [2.24, 2.45) is 0 Å². The van der Waals surface area contributed by atoms with Gasteiger partial charge in [-0.1, -0.05) is 0 Å². The van der Waals surface area contributed by atoms with Gasteiger partial charge in [0.2, 0.25) is 0 Å². The molecule has 0 spiro atoms. The van der Waals surface area contributed by atoms with Crippen LogP contribution in [0.5, 0.6) is 5.75 Å². The summed E-state index contributed by atoms with van der Waals surface area (Å²) in [7, 11) is 0. The summed E-state index contributed by atoms with van der Waals surface area (Å²) in [4.78, 5) is 9.54. The molecule has 0 radical (unpaired) electrons. The highest BCUT2D eigenvalue weighted by atomic mass is 19.1. The highest BCUT2D eigenvalue weighted by Gasteiger charge is 2.10. The summed E-state index contributed by atoms with van der Waals surface area (Å²) in [5.74, 6) is -0.831. The third-order valence-electron chi connectivity index (χ3n) is 1.41. The fraction of sp³-hybridized carbons (Fsp3) is 0.250. The fourth-order valence-corrected chi connectivity index (χ4v) is 0.893. The van der Waals surface area contributed by atoms with E-state index in [0.29, 0.717) is 0 Å². The van der Waals surface area contributed by atoms with E-state index in [9.17, 15) is 18.9 Å².